The van der Waals surface area contributed by atoms with Crippen LogP contribution in [0.3, 0.4) is 0 Å². The molecule has 2 rings (SSSR count). The van der Waals surface area contributed by atoms with Gasteiger partial charge in [-0.3, -0.25) is 4.90 Å². The van der Waals surface area contributed by atoms with Crippen molar-refractivity contribution in [3.63, 3.8) is 0 Å². The lowest BCUT2D eigenvalue weighted by molar-refractivity contribution is -0.145. The van der Waals surface area contributed by atoms with Crippen molar-refractivity contribution in [3.8, 4) is 0 Å². The van der Waals surface area contributed by atoms with E-state index in [0.29, 0.717) is 5.75 Å². The van der Waals surface area contributed by atoms with E-state index in [1.165, 1.54) is 23.8 Å². The van der Waals surface area contributed by atoms with Crippen molar-refractivity contribution in [3.05, 3.63) is 35.4 Å². The number of hydrogen-bond donors (Lipinski definition) is 0. The summed E-state index contributed by atoms with van der Waals surface area (Å²) in [6.07, 6.45) is -0.483. The Labute approximate surface area is 128 Å². The Balaban J connectivity index is 2.29. The lowest BCUT2D eigenvalue weighted by atomic mass is 10.1. The zero-order valence-corrected chi connectivity index (χ0v) is 13.2. The first-order chi connectivity index (χ1) is 10.1. The van der Waals surface area contributed by atoms with Crippen molar-refractivity contribution in [1.29, 1.82) is 0 Å². The van der Waals surface area contributed by atoms with Gasteiger partial charge in [-0.05, 0) is 19.4 Å². The van der Waals surface area contributed by atoms with Crippen molar-refractivity contribution < 1.29 is 19.1 Å². The maximum absolute atomic E-state index is 12.2. The average molecular weight is 309 g/mol. The predicted molar refractivity (Wildman–Crippen MR) is 81.0 cm³/mol. The Kier molecular flexibility index (Phi) is 5.12. The minimum Gasteiger partial charge on any atom is -0.467 e. The second kappa shape index (κ2) is 6.85. The van der Waals surface area contributed by atoms with Gasteiger partial charge in [-0.2, -0.15) is 0 Å². The van der Waals surface area contributed by atoms with Crippen LogP contribution in [0.15, 0.2) is 24.3 Å². The smallest absolute Gasteiger partial charge is 0.411 e. The van der Waals surface area contributed by atoms with E-state index in [-0.39, 0.29) is 12.0 Å². The number of nitrogens with zero attached hydrogens (tertiary/aromatic N) is 1. The summed E-state index contributed by atoms with van der Waals surface area (Å²) in [6.45, 7) is 4.02. The minimum atomic E-state index is -0.606. The molecule has 0 aliphatic carbocycles. The van der Waals surface area contributed by atoms with Crippen LogP contribution >= 0.6 is 11.8 Å². The van der Waals surface area contributed by atoms with Crippen molar-refractivity contribution in [2.24, 2.45) is 0 Å². The van der Waals surface area contributed by atoms with Gasteiger partial charge in [0.25, 0.3) is 0 Å². The van der Waals surface area contributed by atoms with Gasteiger partial charge in [0.05, 0.1) is 13.7 Å². The number of aryl methyl sites for hydroxylation is 1. The van der Waals surface area contributed by atoms with E-state index in [4.69, 9.17) is 9.47 Å². The first-order valence-electron chi connectivity index (χ1n) is 6.79. The number of carbonyl (C=O) groups is 2. The molecule has 0 unspecified atom stereocenters. The summed E-state index contributed by atoms with van der Waals surface area (Å²) >= 11 is 1.54. The van der Waals surface area contributed by atoms with Gasteiger partial charge >= 0.3 is 12.1 Å². The molecule has 6 heteroatoms. The molecule has 1 aromatic rings. The molecule has 5 nitrogen and oxygen atoms in total. The maximum Gasteiger partial charge on any atom is 0.411 e. The van der Waals surface area contributed by atoms with Crippen molar-refractivity contribution in [2.45, 2.75) is 25.3 Å². The first-order valence-corrected chi connectivity index (χ1v) is 7.84. The zero-order chi connectivity index (χ0) is 15.4. The number of carbonyl (C=O) groups excluding carboxylic acids is 2. The van der Waals surface area contributed by atoms with Gasteiger partial charge in [0.15, 0.2) is 0 Å². The molecule has 0 aromatic heterocycles. The predicted octanol–water partition coefficient (Wildman–Crippen LogP) is 2.74. The zero-order valence-electron chi connectivity index (χ0n) is 12.4. The summed E-state index contributed by atoms with van der Waals surface area (Å²) in [7, 11) is 1.33. The summed E-state index contributed by atoms with van der Waals surface area (Å²) in [4.78, 5) is 25.6. The summed E-state index contributed by atoms with van der Waals surface area (Å²) in [5.41, 5.74) is 2.12. The van der Waals surface area contributed by atoms with Crippen LogP contribution in [0.1, 0.15) is 23.4 Å². The van der Waals surface area contributed by atoms with E-state index in [9.17, 15) is 9.59 Å². The second-order valence-corrected chi connectivity index (χ2v) is 5.85. The number of hydrogen-bond acceptors (Lipinski definition) is 5. The van der Waals surface area contributed by atoms with Crippen molar-refractivity contribution >= 4 is 23.8 Å². The molecule has 21 heavy (non-hydrogen) atoms. The summed E-state index contributed by atoms with van der Waals surface area (Å²) in [5, 5.41) is -0.228. The molecule has 1 saturated heterocycles. The van der Waals surface area contributed by atoms with E-state index in [1.807, 2.05) is 31.2 Å². The van der Waals surface area contributed by atoms with E-state index < -0.39 is 18.1 Å². The highest BCUT2D eigenvalue weighted by molar-refractivity contribution is 7.99. The van der Waals surface area contributed by atoms with Gasteiger partial charge in [0.1, 0.15) is 11.4 Å². The number of thioether (sulfide) groups is 1. The quantitative estimate of drug-likeness (QED) is 0.804. The van der Waals surface area contributed by atoms with Gasteiger partial charge < -0.3 is 9.47 Å². The third-order valence-electron chi connectivity index (χ3n) is 3.31. The molecule has 1 heterocycles. The molecule has 0 saturated carbocycles. The Morgan fingerprint density at radius 2 is 2.00 bits per heavy atom. The summed E-state index contributed by atoms with van der Waals surface area (Å²) < 4.78 is 9.89. The molecule has 114 valence electrons. The molecule has 0 spiro atoms. The second-order valence-electron chi connectivity index (χ2n) is 4.74. The number of benzene rings is 1. The topological polar surface area (TPSA) is 55.8 Å². The third-order valence-corrected chi connectivity index (χ3v) is 4.64. The van der Waals surface area contributed by atoms with Gasteiger partial charge in [-0.1, -0.05) is 29.8 Å². The lowest BCUT2D eigenvalue weighted by Crippen LogP contribution is -2.43. The van der Waals surface area contributed by atoms with Crippen LogP contribution < -0.4 is 0 Å². The molecule has 1 amide bonds. The van der Waals surface area contributed by atoms with E-state index in [0.717, 1.165) is 11.1 Å². The van der Waals surface area contributed by atoms with E-state index in [2.05, 4.69) is 0 Å². The van der Waals surface area contributed by atoms with Crippen LogP contribution in [0.5, 0.6) is 0 Å². The number of amides is 1. The van der Waals surface area contributed by atoms with Crippen LogP contribution in [0.25, 0.3) is 0 Å². The van der Waals surface area contributed by atoms with E-state index in [1.54, 1.807) is 6.92 Å². The van der Waals surface area contributed by atoms with Crippen LogP contribution in [0, 0.1) is 6.92 Å². The van der Waals surface area contributed by atoms with Crippen LogP contribution in [0.4, 0.5) is 4.79 Å². The molecule has 0 radical (unpaired) electrons. The highest BCUT2D eigenvalue weighted by atomic mass is 32.2. The fourth-order valence-corrected chi connectivity index (χ4v) is 3.64. The van der Waals surface area contributed by atoms with Crippen LogP contribution in [-0.4, -0.2) is 42.5 Å². The normalized spacial score (nSPS) is 21.2. The summed E-state index contributed by atoms with van der Waals surface area (Å²) in [6, 6.07) is 7.32. The van der Waals surface area contributed by atoms with Crippen LogP contribution in [-0.2, 0) is 14.3 Å². The molecule has 1 aliphatic rings. The minimum absolute atomic E-state index is 0.228. The molecule has 0 bridgehead atoms. The average Bonchev–Trinajstić information content (AvgIpc) is 2.92. The van der Waals surface area contributed by atoms with Crippen LogP contribution in [0.2, 0.25) is 0 Å². The van der Waals surface area contributed by atoms with Crippen molar-refractivity contribution in [2.75, 3.05) is 19.5 Å². The first kappa shape index (κ1) is 15.7. The Hall–Kier alpha value is -1.69. The molecule has 0 N–H and O–H groups in total. The van der Waals surface area contributed by atoms with Gasteiger partial charge in [-0.25, -0.2) is 9.59 Å². The molecular formula is C15H19NO4S. The molecule has 2 atom stereocenters. The maximum atomic E-state index is 12.2. The molecule has 1 fully saturated rings. The SMILES string of the molecule is CCOC(=O)N1[C@@H](c2ccc(C)cc2)SC[C@H]1C(=O)OC. The molecule has 1 aliphatic heterocycles. The number of ether oxygens (including phenoxy) is 2. The Bertz CT molecular complexity index is 517. The standard InChI is InChI=1S/C15H19NO4S/c1-4-20-15(18)16-12(14(17)19-3)9-21-13(16)11-7-5-10(2)6-8-11/h5-8,12-13H,4,9H2,1-3H3/t12-,13+/m0/s1. The van der Waals surface area contributed by atoms with E-state index >= 15 is 0 Å². The van der Waals surface area contributed by atoms with Gasteiger partial charge in [-0.15, -0.1) is 11.8 Å². The van der Waals surface area contributed by atoms with Gasteiger partial charge in [0, 0.05) is 5.75 Å². The highest BCUT2D eigenvalue weighted by Crippen LogP contribution is 2.42. The number of esters is 1. The lowest BCUT2D eigenvalue weighted by Gasteiger charge is -2.27. The molecular weight excluding hydrogens is 290 g/mol. The number of methoxy groups -OCH3 is 1. The fraction of sp³-hybridized carbons (Fsp3) is 0.467. The van der Waals surface area contributed by atoms with Crippen molar-refractivity contribution in [1.82, 2.24) is 4.90 Å². The largest absolute Gasteiger partial charge is 0.467 e. The highest BCUT2D eigenvalue weighted by Gasteiger charge is 2.43. The number of rotatable bonds is 3. The Morgan fingerprint density at radius 3 is 2.57 bits per heavy atom. The Morgan fingerprint density at radius 1 is 1.33 bits per heavy atom. The summed E-state index contributed by atoms with van der Waals surface area (Å²) in [5.74, 6) is 0.0921. The molecule has 1 aromatic carbocycles. The fourth-order valence-electron chi connectivity index (χ4n) is 2.23. The third kappa shape index (κ3) is 3.32. The van der Waals surface area contributed by atoms with Gasteiger partial charge in [0.2, 0.25) is 0 Å². The monoisotopic (exact) mass is 309 g/mol.